The smallest absolute Gasteiger partial charge is 0.410 e. The molecule has 1 aliphatic heterocycles. The number of pyridine rings is 1. The lowest BCUT2D eigenvalue weighted by atomic mass is 10.0. The molecule has 1 aliphatic rings. The summed E-state index contributed by atoms with van der Waals surface area (Å²) < 4.78 is 30.2. The summed E-state index contributed by atoms with van der Waals surface area (Å²) in [5, 5.41) is 0. The van der Waals surface area contributed by atoms with Crippen LogP contribution >= 0.6 is 0 Å². The molecule has 1 amide bonds. The summed E-state index contributed by atoms with van der Waals surface area (Å²) in [6.07, 6.45) is 2.83. The molecule has 1 fully saturated rings. The van der Waals surface area contributed by atoms with Gasteiger partial charge in [0.05, 0.1) is 17.2 Å². The first-order chi connectivity index (χ1) is 11.1. The van der Waals surface area contributed by atoms with E-state index in [1.54, 1.807) is 29.3 Å². The first-order valence-corrected chi connectivity index (χ1v) is 10.0. The lowest BCUT2D eigenvalue weighted by molar-refractivity contribution is 0.0176. The summed E-state index contributed by atoms with van der Waals surface area (Å²) in [6, 6.07) is 5.25. The van der Waals surface area contributed by atoms with Crippen molar-refractivity contribution in [3.05, 3.63) is 30.1 Å². The minimum Gasteiger partial charge on any atom is -0.444 e. The fourth-order valence-corrected chi connectivity index (χ4v) is 4.55. The van der Waals surface area contributed by atoms with Crippen molar-refractivity contribution in [1.29, 1.82) is 0 Å². The van der Waals surface area contributed by atoms with Crippen LogP contribution in [0.15, 0.2) is 24.4 Å². The Bertz CT molecular complexity index is 653. The Labute approximate surface area is 144 Å². The van der Waals surface area contributed by atoms with E-state index in [1.807, 2.05) is 20.8 Å². The van der Waals surface area contributed by atoms with Crippen LogP contribution < -0.4 is 0 Å². The molecule has 0 radical (unpaired) electrons. The molecular weight excluding hydrogens is 328 g/mol. The molecule has 0 saturated carbocycles. The molecule has 0 unspecified atom stereocenters. The number of amides is 1. The highest BCUT2D eigenvalue weighted by Gasteiger charge is 2.30. The summed E-state index contributed by atoms with van der Waals surface area (Å²) in [5.41, 5.74) is 0.00652. The standard InChI is InChI=1S/C17H26N2O4S/c1-17(2,3)23-16(20)19-10-6-7-14(11-19)12-24(21,22)13-15-8-4-5-9-18-15/h4-5,8-9,14H,6-7,10-13H2,1-3H3/t14-/m1/s1. The predicted molar refractivity (Wildman–Crippen MR) is 92.3 cm³/mol. The Hall–Kier alpha value is -1.63. The van der Waals surface area contributed by atoms with Crippen LogP contribution in [0.2, 0.25) is 0 Å². The number of rotatable bonds is 4. The SMILES string of the molecule is CC(C)(C)OC(=O)N1CCC[C@@H](CS(=O)(=O)Cc2ccccn2)C1. The Balaban J connectivity index is 1.93. The summed E-state index contributed by atoms with van der Waals surface area (Å²) in [6.45, 7) is 6.51. The molecule has 0 aromatic carbocycles. The van der Waals surface area contributed by atoms with Gasteiger partial charge in [-0.1, -0.05) is 6.07 Å². The maximum absolute atomic E-state index is 12.4. The largest absolute Gasteiger partial charge is 0.444 e. The Morgan fingerprint density at radius 1 is 1.38 bits per heavy atom. The molecule has 1 saturated heterocycles. The lowest BCUT2D eigenvalue weighted by Crippen LogP contribution is -2.44. The molecule has 24 heavy (non-hydrogen) atoms. The molecule has 1 aromatic rings. The summed E-state index contributed by atoms with van der Waals surface area (Å²) in [5.74, 6) is -0.0420. The van der Waals surface area contributed by atoms with Gasteiger partial charge in [0.25, 0.3) is 0 Å². The van der Waals surface area contributed by atoms with Crippen molar-refractivity contribution < 1.29 is 17.9 Å². The van der Waals surface area contributed by atoms with Crippen LogP contribution in [0.25, 0.3) is 0 Å². The maximum atomic E-state index is 12.4. The second-order valence-corrected chi connectivity index (χ2v) is 9.42. The fraction of sp³-hybridized carbons (Fsp3) is 0.647. The van der Waals surface area contributed by atoms with Crippen LogP contribution in [0.3, 0.4) is 0 Å². The molecule has 0 aliphatic carbocycles. The maximum Gasteiger partial charge on any atom is 0.410 e. The molecule has 1 atom stereocenters. The van der Waals surface area contributed by atoms with Gasteiger partial charge in [-0.3, -0.25) is 4.98 Å². The molecular formula is C17H26N2O4S. The average molecular weight is 354 g/mol. The van der Waals surface area contributed by atoms with Crippen LogP contribution in [-0.4, -0.2) is 48.8 Å². The highest BCUT2D eigenvalue weighted by molar-refractivity contribution is 7.90. The molecule has 6 nitrogen and oxygen atoms in total. The number of ether oxygens (including phenoxy) is 1. The molecule has 2 heterocycles. The van der Waals surface area contributed by atoms with Crippen LogP contribution in [-0.2, 0) is 20.3 Å². The van der Waals surface area contributed by atoms with Crippen molar-refractivity contribution in [2.24, 2.45) is 5.92 Å². The number of aromatic nitrogens is 1. The zero-order chi connectivity index (χ0) is 17.8. The molecule has 0 bridgehead atoms. The number of nitrogens with zero attached hydrogens (tertiary/aromatic N) is 2. The third-order valence-corrected chi connectivity index (χ3v) is 5.47. The van der Waals surface area contributed by atoms with Gasteiger partial charge in [0, 0.05) is 19.3 Å². The summed E-state index contributed by atoms with van der Waals surface area (Å²) in [7, 11) is -3.26. The van der Waals surface area contributed by atoms with E-state index >= 15 is 0 Å². The van der Waals surface area contributed by atoms with Gasteiger partial charge >= 0.3 is 6.09 Å². The van der Waals surface area contributed by atoms with Gasteiger partial charge in [0.2, 0.25) is 0 Å². The quantitative estimate of drug-likeness (QED) is 0.831. The Kier molecular flexibility index (Phi) is 5.85. The Morgan fingerprint density at radius 2 is 2.12 bits per heavy atom. The molecule has 0 N–H and O–H groups in total. The summed E-state index contributed by atoms with van der Waals surface area (Å²) in [4.78, 5) is 17.9. The van der Waals surface area contributed by atoms with Gasteiger partial charge < -0.3 is 9.64 Å². The first-order valence-electron chi connectivity index (χ1n) is 8.23. The monoisotopic (exact) mass is 354 g/mol. The molecule has 1 aromatic heterocycles. The van der Waals surface area contributed by atoms with Gasteiger partial charge in [-0.05, 0) is 51.7 Å². The highest BCUT2D eigenvalue weighted by Crippen LogP contribution is 2.21. The van der Waals surface area contributed by atoms with E-state index in [1.165, 1.54) is 0 Å². The third-order valence-electron chi connectivity index (χ3n) is 3.75. The third kappa shape index (κ3) is 6.11. The number of carbonyl (C=O) groups is 1. The van der Waals surface area contributed by atoms with Gasteiger partial charge in [0.15, 0.2) is 9.84 Å². The van der Waals surface area contributed by atoms with E-state index in [2.05, 4.69) is 4.98 Å². The van der Waals surface area contributed by atoms with Crippen molar-refractivity contribution in [2.75, 3.05) is 18.8 Å². The van der Waals surface area contributed by atoms with Crippen LogP contribution in [0, 0.1) is 5.92 Å². The number of piperidine rings is 1. The Morgan fingerprint density at radius 3 is 2.75 bits per heavy atom. The van der Waals surface area contributed by atoms with Crippen molar-refractivity contribution >= 4 is 15.9 Å². The van der Waals surface area contributed by atoms with E-state index in [-0.39, 0.29) is 23.5 Å². The highest BCUT2D eigenvalue weighted by atomic mass is 32.2. The number of sulfone groups is 1. The molecule has 7 heteroatoms. The topological polar surface area (TPSA) is 76.6 Å². The van der Waals surface area contributed by atoms with Gasteiger partial charge in [-0.25, -0.2) is 13.2 Å². The van der Waals surface area contributed by atoms with Gasteiger partial charge in [-0.15, -0.1) is 0 Å². The van der Waals surface area contributed by atoms with Crippen molar-refractivity contribution in [1.82, 2.24) is 9.88 Å². The van der Waals surface area contributed by atoms with Crippen molar-refractivity contribution in [2.45, 2.75) is 45.0 Å². The minimum absolute atomic E-state index is 0.0556. The van der Waals surface area contributed by atoms with E-state index in [0.29, 0.717) is 18.8 Å². The van der Waals surface area contributed by atoms with E-state index in [4.69, 9.17) is 4.74 Å². The van der Waals surface area contributed by atoms with E-state index < -0.39 is 15.4 Å². The second-order valence-electron chi connectivity index (χ2n) is 7.31. The number of hydrogen-bond acceptors (Lipinski definition) is 5. The zero-order valence-corrected chi connectivity index (χ0v) is 15.4. The van der Waals surface area contributed by atoms with E-state index in [0.717, 1.165) is 12.8 Å². The fourth-order valence-electron chi connectivity index (χ4n) is 2.82. The molecule has 134 valence electrons. The van der Waals surface area contributed by atoms with E-state index in [9.17, 15) is 13.2 Å². The normalized spacial score (nSPS) is 19.1. The molecule has 0 spiro atoms. The van der Waals surface area contributed by atoms with Crippen molar-refractivity contribution in [3.8, 4) is 0 Å². The number of carbonyl (C=O) groups excluding carboxylic acids is 1. The average Bonchev–Trinajstić information content (AvgIpc) is 2.45. The van der Waals surface area contributed by atoms with Crippen LogP contribution in [0.5, 0.6) is 0 Å². The predicted octanol–water partition coefficient (Wildman–Crippen LogP) is 2.64. The second kappa shape index (κ2) is 7.51. The van der Waals surface area contributed by atoms with Crippen molar-refractivity contribution in [3.63, 3.8) is 0 Å². The lowest BCUT2D eigenvalue weighted by Gasteiger charge is -2.34. The zero-order valence-electron chi connectivity index (χ0n) is 14.6. The van der Waals surface area contributed by atoms with Gasteiger partial charge in [0.1, 0.15) is 5.60 Å². The van der Waals surface area contributed by atoms with Crippen LogP contribution in [0.4, 0.5) is 4.79 Å². The van der Waals surface area contributed by atoms with Gasteiger partial charge in [-0.2, -0.15) is 0 Å². The number of likely N-dealkylation sites (tertiary alicyclic amines) is 1. The summed E-state index contributed by atoms with van der Waals surface area (Å²) >= 11 is 0. The van der Waals surface area contributed by atoms with Crippen LogP contribution in [0.1, 0.15) is 39.3 Å². The first kappa shape index (κ1) is 18.7. The number of hydrogen-bond donors (Lipinski definition) is 0. The minimum atomic E-state index is -3.26. The molecule has 2 rings (SSSR count).